The van der Waals surface area contributed by atoms with E-state index in [2.05, 4.69) is 10.4 Å². The van der Waals surface area contributed by atoms with E-state index in [1.54, 1.807) is 4.68 Å². The number of nitrogens with one attached hydrogen (secondary N) is 1. The lowest BCUT2D eigenvalue weighted by atomic mass is 10.4. The third-order valence-electron chi connectivity index (χ3n) is 2.54. The fourth-order valence-electron chi connectivity index (χ4n) is 1.56. The van der Waals surface area contributed by atoms with Gasteiger partial charge in [-0.2, -0.15) is 5.10 Å². The Hall–Kier alpha value is -1.03. The van der Waals surface area contributed by atoms with Gasteiger partial charge in [-0.15, -0.1) is 0 Å². The van der Waals surface area contributed by atoms with Crippen LogP contribution in [0.3, 0.4) is 0 Å². The second kappa shape index (κ2) is 4.66. The van der Waals surface area contributed by atoms with Gasteiger partial charge in [0.25, 0.3) is 0 Å². The van der Waals surface area contributed by atoms with Gasteiger partial charge in [-0.3, -0.25) is 0 Å². The molecule has 84 valence electrons. The molecule has 1 fully saturated rings. The molecule has 0 unspecified atom stereocenters. The minimum Gasteiger partial charge on any atom is -0.478 e. The Balaban J connectivity index is 1.62. The van der Waals surface area contributed by atoms with Crippen molar-refractivity contribution in [2.75, 3.05) is 13.2 Å². The van der Waals surface area contributed by atoms with Crippen LogP contribution in [-0.4, -0.2) is 29.0 Å². The summed E-state index contributed by atoms with van der Waals surface area (Å²) in [6, 6.07) is 2.76. The summed E-state index contributed by atoms with van der Waals surface area (Å²) in [6.45, 7) is 3.79. The third-order valence-corrected chi connectivity index (χ3v) is 2.54. The summed E-state index contributed by atoms with van der Waals surface area (Å²) in [7, 11) is 1.91. The molecule has 4 nitrogen and oxygen atoms in total. The third kappa shape index (κ3) is 3.23. The van der Waals surface area contributed by atoms with Crippen molar-refractivity contribution >= 4 is 0 Å². The lowest BCUT2D eigenvalue weighted by molar-refractivity contribution is 0.282. The predicted molar refractivity (Wildman–Crippen MR) is 59.1 cm³/mol. The van der Waals surface area contributed by atoms with Gasteiger partial charge >= 0.3 is 0 Å². The SMILES string of the molecule is Cc1cc(OCCCNC2CC2)n(C)n1. The second-order valence-corrected chi connectivity index (χ2v) is 4.18. The van der Waals surface area contributed by atoms with Gasteiger partial charge in [0, 0.05) is 19.2 Å². The van der Waals surface area contributed by atoms with E-state index in [9.17, 15) is 0 Å². The fourth-order valence-corrected chi connectivity index (χ4v) is 1.56. The van der Waals surface area contributed by atoms with Gasteiger partial charge in [0.05, 0.1) is 12.3 Å². The van der Waals surface area contributed by atoms with E-state index in [4.69, 9.17) is 4.74 Å². The van der Waals surface area contributed by atoms with Crippen LogP contribution in [0.1, 0.15) is 25.0 Å². The standard InChI is InChI=1S/C11H19N3O/c1-9-8-11(14(2)13-9)15-7-3-6-12-10-4-5-10/h8,10,12H,3-7H2,1-2H3. The lowest BCUT2D eigenvalue weighted by Gasteiger charge is -2.06. The van der Waals surface area contributed by atoms with Crippen LogP contribution < -0.4 is 10.1 Å². The molecule has 1 aromatic heterocycles. The summed E-state index contributed by atoms with van der Waals surface area (Å²) in [5, 5.41) is 7.68. The molecule has 2 rings (SSSR count). The summed E-state index contributed by atoms with van der Waals surface area (Å²) in [5.41, 5.74) is 1.00. The van der Waals surface area contributed by atoms with Gasteiger partial charge in [0.15, 0.2) is 0 Å². The Labute approximate surface area is 90.6 Å². The molecule has 0 radical (unpaired) electrons. The first kappa shape index (κ1) is 10.5. The first-order chi connectivity index (χ1) is 7.25. The van der Waals surface area contributed by atoms with Crippen molar-refractivity contribution in [1.29, 1.82) is 0 Å². The molecular weight excluding hydrogens is 190 g/mol. The summed E-state index contributed by atoms with van der Waals surface area (Å²) in [5.74, 6) is 0.860. The molecule has 1 saturated carbocycles. The van der Waals surface area contributed by atoms with Crippen LogP contribution in [-0.2, 0) is 7.05 Å². The van der Waals surface area contributed by atoms with Crippen LogP contribution in [0.4, 0.5) is 0 Å². The van der Waals surface area contributed by atoms with Gasteiger partial charge in [-0.25, -0.2) is 4.68 Å². The minimum atomic E-state index is 0.763. The summed E-state index contributed by atoms with van der Waals surface area (Å²) < 4.78 is 7.40. The van der Waals surface area contributed by atoms with E-state index in [0.29, 0.717) is 0 Å². The van der Waals surface area contributed by atoms with E-state index in [0.717, 1.165) is 37.2 Å². The highest BCUT2D eigenvalue weighted by Gasteiger charge is 2.19. The monoisotopic (exact) mass is 209 g/mol. The van der Waals surface area contributed by atoms with Crippen LogP contribution in [0.15, 0.2) is 6.07 Å². The van der Waals surface area contributed by atoms with Crippen LogP contribution >= 0.6 is 0 Å². The van der Waals surface area contributed by atoms with Crippen LogP contribution in [0, 0.1) is 6.92 Å². The smallest absolute Gasteiger partial charge is 0.211 e. The first-order valence-electron chi connectivity index (χ1n) is 5.62. The van der Waals surface area contributed by atoms with E-state index in [1.165, 1.54) is 12.8 Å². The number of hydrogen-bond acceptors (Lipinski definition) is 3. The van der Waals surface area contributed by atoms with Gasteiger partial charge in [-0.05, 0) is 32.7 Å². The zero-order chi connectivity index (χ0) is 10.7. The maximum atomic E-state index is 5.62. The molecule has 4 heteroatoms. The zero-order valence-electron chi connectivity index (χ0n) is 9.49. The Morgan fingerprint density at radius 3 is 3.00 bits per heavy atom. The molecule has 15 heavy (non-hydrogen) atoms. The van der Waals surface area contributed by atoms with Crippen molar-refractivity contribution < 1.29 is 4.74 Å². The molecule has 1 N–H and O–H groups in total. The van der Waals surface area contributed by atoms with Crippen molar-refractivity contribution in [3.8, 4) is 5.88 Å². The lowest BCUT2D eigenvalue weighted by Crippen LogP contribution is -2.19. The Kier molecular flexibility index (Phi) is 3.26. The molecule has 0 bridgehead atoms. The van der Waals surface area contributed by atoms with Crippen molar-refractivity contribution in [3.05, 3.63) is 11.8 Å². The van der Waals surface area contributed by atoms with Crippen molar-refractivity contribution in [2.24, 2.45) is 7.05 Å². The normalized spacial score (nSPS) is 15.6. The summed E-state index contributed by atoms with van der Waals surface area (Å²) in [4.78, 5) is 0. The molecular formula is C11H19N3O. The van der Waals surface area contributed by atoms with E-state index < -0.39 is 0 Å². The minimum absolute atomic E-state index is 0.763. The number of aryl methyl sites for hydroxylation is 2. The van der Waals surface area contributed by atoms with Gasteiger partial charge < -0.3 is 10.1 Å². The maximum Gasteiger partial charge on any atom is 0.211 e. The molecule has 0 aliphatic heterocycles. The highest BCUT2D eigenvalue weighted by molar-refractivity contribution is 5.14. The molecule has 1 heterocycles. The second-order valence-electron chi connectivity index (χ2n) is 4.18. The van der Waals surface area contributed by atoms with Crippen molar-refractivity contribution in [1.82, 2.24) is 15.1 Å². The zero-order valence-corrected chi connectivity index (χ0v) is 9.49. The largest absolute Gasteiger partial charge is 0.478 e. The number of aromatic nitrogens is 2. The molecule has 0 saturated heterocycles. The average molecular weight is 209 g/mol. The van der Waals surface area contributed by atoms with E-state index >= 15 is 0 Å². The Morgan fingerprint density at radius 1 is 1.60 bits per heavy atom. The van der Waals surface area contributed by atoms with Crippen molar-refractivity contribution in [3.63, 3.8) is 0 Å². The number of ether oxygens (including phenoxy) is 1. The fraction of sp³-hybridized carbons (Fsp3) is 0.727. The average Bonchev–Trinajstić information content (AvgIpc) is 2.94. The number of nitrogens with zero attached hydrogens (tertiary/aromatic N) is 2. The number of hydrogen-bond donors (Lipinski definition) is 1. The number of rotatable bonds is 6. The molecule has 0 amide bonds. The summed E-state index contributed by atoms with van der Waals surface area (Å²) in [6.07, 6.45) is 3.75. The maximum absolute atomic E-state index is 5.62. The molecule has 0 atom stereocenters. The summed E-state index contributed by atoms with van der Waals surface area (Å²) >= 11 is 0. The van der Waals surface area contributed by atoms with Crippen LogP contribution in [0.25, 0.3) is 0 Å². The molecule has 0 spiro atoms. The van der Waals surface area contributed by atoms with Crippen molar-refractivity contribution in [2.45, 2.75) is 32.2 Å². The molecule has 0 aromatic carbocycles. The Morgan fingerprint density at radius 2 is 2.40 bits per heavy atom. The van der Waals surface area contributed by atoms with Gasteiger partial charge in [0.2, 0.25) is 5.88 Å². The van der Waals surface area contributed by atoms with E-state index in [1.807, 2.05) is 20.0 Å². The van der Waals surface area contributed by atoms with Crippen LogP contribution in [0.2, 0.25) is 0 Å². The highest BCUT2D eigenvalue weighted by atomic mass is 16.5. The van der Waals surface area contributed by atoms with E-state index in [-0.39, 0.29) is 0 Å². The molecule has 1 aliphatic rings. The van der Waals surface area contributed by atoms with Gasteiger partial charge in [0.1, 0.15) is 0 Å². The predicted octanol–water partition coefficient (Wildman–Crippen LogP) is 1.25. The van der Waals surface area contributed by atoms with Crippen LogP contribution in [0.5, 0.6) is 5.88 Å². The quantitative estimate of drug-likeness (QED) is 0.717. The van der Waals surface area contributed by atoms with Gasteiger partial charge in [-0.1, -0.05) is 0 Å². The first-order valence-corrected chi connectivity index (χ1v) is 5.62. The Bertz CT molecular complexity index is 318. The molecule has 1 aliphatic carbocycles. The molecule has 1 aromatic rings. The highest BCUT2D eigenvalue weighted by Crippen LogP contribution is 2.18. The topological polar surface area (TPSA) is 39.1 Å².